The molecule has 1 aromatic heterocycles. The summed E-state index contributed by atoms with van der Waals surface area (Å²) in [6.07, 6.45) is 2.23. The lowest BCUT2D eigenvalue weighted by Crippen LogP contribution is -2.30. The number of carbonyl (C=O) groups is 1. The van der Waals surface area contributed by atoms with Crippen molar-refractivity contribution >= 4 is 16.9 Å². The Morgan fingerprint density at radius 1 is 1.11 bits per heavy atom. The van der Waals surface area contributed by atoms with Crippen molar-refractivity contribution in [3.8, 4) is 11.5 Å². The molecule has 0 fully saturated rings. The van der Waals surface area contributed by atoms with Gasteiger partial charge in [-0.3, -0.25) is 4.79 Å². The summed E-state index contributed by atoms with van der Waals surface area (Å²) >= 11 is 0. The molecule has 0 aliphatic heterocycles. The molecule has 6 nitrogen and oxygen atoms in total. The first-order chi connectivity index (χ1) is 13.2. The molecule has 3 rings (SSSR count). The normalized spacial score (nSPS) is 10.8. The number of imidazole rings is 1. The van der Waals surface area contributed by atoms with Crippen molar-refractivity contribution in [1.82, 2.24) is 14.5 Å². The third-order valence-electron chi connectivity index (χ3n) is 4.65. The third kappa shape index (κ3) is 4.22. The quantitative estimate of drug-likeness (QED) is 0.611. The van der Waals surface area contributed by atoms with E-state index in [0.29, 0.717) is 37.6 Å². The number of ether oxygens (including phenoxy) is 2. The molecule has 0 radical (unpaired) electrons. The lowest BCUT2D eigenvalue weighted by atomic mass is 10.1. The zero-order chi connectivity index (χ0) is 19.2. The first-order valence-corrected chi connectivity index (χ1v) is 9.04. The number of methoxy groups -OCH3 is 2. The van der Waals surface area contributed by atoms with Crippen LogP contribution in [0.25, 0.3) is 11.0 Å². The van der Waals surface area contributed by atoms with E-state index in [1.807, 2.05) is 58.9 Å². The van der Waals surface area contributed by atoms with E-state index in [-0.39, 0.29) is 5.91 Å². The van der Waals surface area contributed by atoms with Gasteiger partial charge in [-0.05, 0) is 36.8 Å². The predicted octanol–water partition coefficient (Wildman–Crippen LogP) is 3.49. The fraction of sp³-hybridized carbons (Fsp3) is 0.333. The number of aryl methyl sites for hydroxylation is 1. The summed E-state index contributed by atoms with van der Waals surface area (Å²) in [5.74, 6) is 1.47. The van der Waals surface area contributed by atoms with E-state index in [0.717, 1.165) is 16.6 Å². The highest BCUT2D eigenvalue weighted by Crippen LogP contribution is 2.28. The Hall–Kier alpha value is -3.02. The average molecular weight is 367 g/mol. The third-order valence-corrected chi connectivity index (χ3v) is 4.65. The van der Waals surface area contributed by atoms with Gasteiger partial charge in [0.2, 0.25) is 5.91 Å². The molecule has 0 unspecified atom stereocenters. The second-order valence-electron chi connectivity index (χ2n) is 6.27. The summed E-state index contributed by atoms with van der Waals surface area (Å²) in [5.41, 5.74) is 3.01. The highest BCUT2D eigenvalue weighted by molar-refractivity contribution is 5.77. The maximum atomic E-state index is 12.7. The van der Waals surface area contributed by atoms with E-state index in [1.165, 1.54) is 0 Å². The van der Waals surface area contributed by atoms with Crippen molar-refractivity contribution in [2.24, 2.45) is 0 Å². The highest BCUT2D eigenvalue weighted by atomic mass is 16.5. The maximum absolute atomic E-state index is 12.7. The minimum Gasteiger partial charge on any atom is -0.493 e. The minimum absolute atomic E-state index is 0.116. The molecule has 0 spiro atoms. The van der Waals surface area contributed by atoms with Crippen molar-refractivity contribution in [3.05, 3.63) is 54.4 Å². The summed E-state index contributed by atoms with van der Waals surface area (Å²) < 4.78 is 12.6. The molecule has 1 amide bonds. The van der Waals surface area contributed by atoms with Gasteiger partial charge in [0.05, 0.1) is 31.6 Å². The first kappa shape index (κ1) is 18.8. The van der Waals surface area contributed by atoms with E-state index in [2.05, 4.69) is 4.98 Å². The molecule has 0 aliphatic rings. The molecule has 0 saturated carbocycles. The number of aromatic nitrogens is 2. The average Bonchev–Trinajstić information content (AvgIpc) is 3.13. The molecule has 27 heavy (non-hydrogen) atoms. The number of benzene rings is 2. The van der Waals surface area contributed by atoms with Crippen LogP contribution in [0.2, 0.25) is 0 Å². The lowest BCUT2D eigenvalue weighted by molar-refractivity contribution is -0.131. The van der Waals surface area contributed by atoms with Crippen LogP contribution in [0.15, 0.2) is 48.8 Å². The van der Waals surface area contributed by atoms with Crippen LogP contribution in [0.4, 0.5) is 0 Å². The maximum Gasteiger partial charge on any atom is 0.224 e. The fourth-order valence-electron chi connectivity index (χ4n) is 3.14. The van der Waals surface area contributed by atoms with Crippen molar-refractivity contribution < 1.29 is 14.3 Å². The van der Waals surface area contributed by atoms with Crippen LogP contribution in [0.1, 0.15) is 18.9 Å². The Morgan fingerprint density at radius 3 is 2.63 bits per heavy atom. The van der Waals surface area contributed by atoms with Crippen LogP contribution in [0.5, 0.6) is 11.5 Å². The molecule has 0 saturated heterocycles. The number of carbonyl (C=O) groups excluding carboxylic acids is 1. The summed E-state index contributed by atoms with van der Waals surface area (Å²) in [5, 5.41) is 0. The molecule has 0 bridgehead atoms. The molecule has 2 aromatic carbocycles. The molecule has 0 atom stereocenters. The molecule has 6 heteroatoms. The van der Waals surface area contributed by atoms with Crippen LogP contribution < -0.4 is 9.47 Å². The monoisotopic (exact) mass is 367 g/mol. The summed E-state index contributed by atoms with van der Waals surface area (Å²) in [7, 11) is 3.22. The van der Waals surface area contributed by atoms with Crippen molar-refractivity contribution in [2.45, 2.75) is 26.4 Å². The van der Waals surface area contributed by atoms with E-state index in [4.69, 9.17) is 9.47 Å². The van der Waals surface area contributed by atoms with Gasteiger partial charge in [-0.15, -0.1) is 0 Å². The van der Waals surface area contributed by atoms with Crippen molar-refractivity contribution in [1.29, 1.82) is 0 Å². The SMILES string of the molecule is CCN(Cc1ccc(OC)c(OC)c1)C(=O)CCn1cnc2ccccc21. The van der Waals surface area contributed by atoms with Gasteiger partial charge in [0, 0.05) is 26.1 Å². The van der Waals surface area contributed by atoms with Crippen LogP contribution in [0.3, 0.4) is 0 Å². The molecule has 3 aromatic rings. The highest BCUT2D eigenvalue weighted by Gasteiger charge is 2.14. The van der Waals surface area contributed by atoms with Crippen molar-refractivity contribution in [2.75, 3.05) is 20.8 Å². The Bertz CT molecular complexity index is 920. The van der Waals surface area contributed by atoms with E-state index >= 15 is 0 Å². The summed E-state index contributed by atoms with van der Waals surface area (Å²) in [4.78, 5) is 18.9. The number of amides is 1. The van der Waals surface area contributed by atoms with E-state index < -0.39 is 0 Å². The molecule has 0 aliphatic carbocycles. The van der Waals surface area contributed by atoms with Crippen LogP contribution in [-0.2, 0) is 17.9 Å². The Kier molecular flexibility index (Phi) is 5.96. The summed E-state index contributed by atoms with van der Waals surface area (Å²) in [6.45, 7) is 3.80. The van der Waals surface area contributed by atoms with Gasteiger partial charge in [-0.2, -0.15) is 0 Å². The van der Waals surface area contributed by atoms with Gasteiger partial charge in [-0.25, -0.2) is 4.98 Å². The molecule has 1 heterocycles. The van der Waals surface area contributed by atoms with Crippen LogP contribution in [0, 0.1) is 0 Å². The lowest BCUT2D eigenvalue weighted by Gasteiger charge is -2.22. The Balaban J connectivity index is 1.65. The number of hydrogen-bond donors (Lipinski definition) is 0. The van der Waals surface area contributed by atoms with Crippen molar-refractivity contribution in [3.63, 3.8) is 0 Å². The van der Waals surface area contributed by atoms with Gasteiger partial charge in [-0.1, -0.05) is 18.2 Å². The number of para-hydroxylation sites is 2. The fourth-order valence-corrected chi connectivity index (χ4v) is 3.14. The minimum atomic E-state index is 0.116. The van der Waals surface area contributed by atoms with E-state index in [1.54, 1.807) is 20.5 Å². The number of rotatable bonds is 8. The second-order valence-corrected chi connectivity index (χ2v) is 6.27. The zero-order valence-corrected chi connectivity index (χ0v) is 16.0. The van der Waals surface area contributed by atoms with Gasteiger partial charge < -0.3 is 18.9 Å². The molecular formula is C21H25N3O3. The van der Waals surface area contributed by atoms with Gasteiger partial charge in [0.15, 0.2) is 11.5 Å². The van der Waals surface area contributed by atoms with E-state index in [9.17, 15) is 4.79 Å². The smallest absolute Gasteiger partial charge is 0.224 e. The Morgan fingerprint density at radius 2 is 1.89 bits per heavy atom. The largest absolute Gasteiger partial charge is 0.493 e. The topological polar surface area (TPSA) is 56.6 Å². The van der Waals surface area contributed by atoms with Gasteiger partial charge >= 0.3 is 0 Å². The number of fused-ring (bicyclic) bond motifs is 1. The summed E-state index contributed by atoms with van der Waals surface area (Å²) in [6, 6.07) is 13.7. The predicted molar refractivity (Wildman–Crippen MR) is 105 cm³/mol. The van der Waals surface area contributed by atoms with Crippen LogP contribution >= 0.6 is 0 Å². The number of hydrogen-bond acceptors (Lipinski definition) is 4. The van der Waals surface area contributed by atoms with Crippen LogP contribution in [-0.4, -0.2) is 41.1 Å². The molecule has 142 valence electrons. The zero-order valence-electron chi connectivity index (χ0n) is 16.0. The second kappa shape index (κ2) is 8.58. The Labute approximate surface area is 159 Å². The number of nitrogens with zero attached hydrogens (tertiary/aromatic N) is 3. The first-order valence-electron chi connectivity index (χ1n) is 9.04. The standard InChI is InChI=1S/C21H25N3O3/c1-4-23(14-16-9-10-19(26-2)20(13-16)27-3)21(25)11-12-24-15-22-17-7-5-6-8-18(17)24/h5-10,13,15H,4,11-12,14H2,1-3H3. The molecular weight excluding hydrogens is 342 g/mol. The van der Waals surface area contributed by atoms with Gasteiger partial charge in [0.25, 0.3) is 0 Å². The van der Waals surface area contributed by atoms with Gasteiger partial charge in [0.1, 0.15) is 0 Å². The molecule has 0 N–H and O–H groups in total.